The highest BCUT2D eigenvalue weighted by atomic mass is 35.5. The number of nitrogens with one attached hydrogen (secondary N) is 1. The van der Waals surface area contributed by atoms with E-state index in [0.717, 1.165) is 19.4 Å². The fraction of sp³-hybridized carbons (Fsp3) is 0.467. The van der Waals surface area contributed by atoms with Crippen molar-refractivity contribution in [2.75, 3.05) is 13.2 Å². The fourth-order valence-corrected chi connectivity index (χ4v) is 2.25. The Morgan fingerprint density at radius 3 is 2.65 bits per heavy atom. The molecule has 1 heterocycles. The normalized spacial score (nSPS) is 17.9. The maximum absolute atomic E-state index is 11.9. The molecule has 0 spiro atoms. The zero-order chi connectivity index (χ0) is 14.4. The molecular formula is C15H18ClNO3. The van der Waals surface area contributed by atoms with Gasteiger partial charge in [-0.1, -0.05) is 11.6 Å². The van der Waals surface area contributed by atoms with Crippen molar-refractivity contribution in [3.8, 4) is 0 Å². The van der Waals surface area contributed by atoms with Crippen LogP contribution in [0.1, 0.15) is 36.0 Å². The van der Waals surface area contributed by atoms with Crippen molar-refractivity contribution in [3.63, 3.8) is 0 Å². The minimum Gasteiger partial charge on any atom is -0.376 e. The summed E-state index contributed by atoms with van der Waals surface area (Å²) in [4.78, 5) is 23.5. The van der Waals surface area contributed by atoms with E-state index >= 15 is 0 Å². The Labute approximate surface area is 123 Å². The third-order valence-corrected chi connectivity index (χ3v) is 3.55. The quantitative estimate of drug-likeness (QED) is 0.821. The van der Waals surface area contributed by atoms with Crippen LogP contribution in [-0.2, 0) is 9.53 Å². The van der Waals surface area contributed by atoms with Crippen molar-refractivity contribution in [2.24, 2.45) is 0 Å². The Morgan fingerprint density at radius 1 is 1.25 bits per heavy atom. The van der Waals surface area contributed by atoms with Crippen molar-refractivity contribution in [1.29, 1.82) is 0 Å². The minimum absolute atomic E-state index is 0.0473. The standard InChI is InChI=1S/C15H18ClNO3/c16-12-5-3-11(4-6-12)14(18)7-8-15(19)17-10-13-2-1-9-20-13/h3-6,13H,1-2,7-10H2,(H,17,19). The van der Waals surface area contributed by atoms with Gasteiger partial charge in [0.1, 0.15) is 0 Å². The molecular weight excluding hydrogens is 278 g/mol. The molecule has 0 bridgehead atoms. The summed E-state index contributed by atoms with van der Waals surface area (Å²) in [5, 5.41) is 3.40. The predicted octanol–water partition coefficient (Wildman–Crippen LogP) is 2.60. The van der Waals surface area contributed by atoms with Gasteiger partial charge in [0.25, 0.3) is 0 Å². The number of carbonyl (C=O) groups is 2. The molecule has 1 aliphatic heterocycles. The number of Topliss-reactive ketones (excluding diaryl/α,β-unsaturated/α-hetero) is 1. The lowest BCUT2D eigenvalue weighted by molar-refractivity contribution is -0.121. The van der Waals surface area contributed by atoms with Crippen molar-refractivity contribution >= 4 is 23.3 Å². The summed E-state index contributed by atoms with van der Waals surface area (Å²) in [5.41, 5.74) is 0.585. The Hall–Kier alpha value is -1.39. The van der Waals surface area contributed by atoms with Gasteiger partial charge in [0, 0.05) is 36.6 Å². The molecule has 0 saturated carbocycles. The SMILES string of the molecule is O=C(CCC(=O)c1ccc(Cl)cc1)NCC1CCCO1. The maximum atomic E-state index is 11.9. The molecule has 1 fully saturated rings. The third kappa shape index (κ3) is 4.62. The molecule has 4 nitrogen and oxygen atoms in total. The molecule has 1 unspecified atom stereocenters. The van der Waals surface area contributed by atoms with Gasteiger partial charge in [0.15, 0.2) is 5.78 Å². The Bertz CT molecular complexity index is 467. The van der Waals surface area contributed by atoms with E-state index < -0.39 is 0 Å². The Morgan fingerprint density at radius 2 is 2.00 bits per heavy atom. The summed E-state index contributed by atoms with van der Waals surface area (Å²) < 4.78 is 5.42. The lowest BCUT2D eigenvalue weighted by Gasteiger charge is -2.10. The lowest BCUT2D eigenvalue weighted by Crippen LogP contribution is -2.31. The molecule has 1 saturated heterocycles. The summed E-state index contributed by atoms with van der Waals surface area (Å²) >= 11 is 5.76. The van der Waals surface area contributed by atoms with Gasteiger partial charge >= 0.3 is 0 Å². The van der Waals surface area contributed by atoms with E-state index in [4.69, 9.17) is 16.3 Å². The van der Waals surface area contributed by atoms with Gasteiger partial charge < -0.3 is 10.1 Å². The van der Waals surface area contributed by atoms with E-state index in [9.17, 15) is 9.59 Å². The number of halogens is 1. The van der Waals surface area contributed by atoms with Gasteiger partial charge in [0.2, 0.25) is 5.91 Å². The van der Waals surface area contributed by atoms with Gasteiger partial charge in [0.05, 0.1) is 6.10 Å². The van der Waals surface area contributed by atoms with Gasteiger partial charge in [-0.05, 0) is 37.1 Å². The number of ether oxygens (including phenoxy) is 1. The molecule has 0 radical (unpaired) electrons. The van der Waals surface area contributed by atoms with E-state index in [0.29, 0.717) is 17.1 Å². The van der Waals surface area contributed by atoms with Crippen LogP contribution in [0.4, 0.5) is 0 Å². The number of benzene rings is 1. The Balaban J connectivity index is 1.69. The third-order valence-electron chi connectivity index (χ3n) is 3.30. The first-order chi connectivity index (χ1) is 9.65. The Kier molecular flexibility index (Phi) is 5.56. The molecule has 0 aliphatic carbocycles. The number of hydrogen-bond acceptors (Lipinski definition) is 3. The van der Waals surface area contributed by atoms with Crippen LogP contribution in [0.2, 0.25) is 5.02 Å². The second-order valence-corrected chi connectivity index (χ2v) is 5.31. The number of rotatable bonds is 6. The van der Waals surface area contributed by atoms with Crippen LogP contribution < -0.4 is 5.32 Å². The number of carbonyl (C=O) groups excluding carboxylic acids is 2. The first-order valence-corrected chi connectivity index (χ1v) is 7.20. The topological polar surface area (TPSA) is 55.4 Å². The van der Waals surface area contributed by atoms with E-state index in [1.165, 1.54) is 0 Å². The van der Waals surface area contributed by atoms with Gasteiger partial charge in [-0.2, -0.15) is 0 Å². The van der Waals surface area contributed by atoms with E-state index in [-0.39, 0.29) is 30.6 Å². The van der Waals surface area contributed by atoms with E-state index in [2.05, 4.69) is 5.32 Å². The van der Waals surface area contributed by atoms with Crippen molar-refractivity contribution < 1.29 is 14.3 Å². The summed E-state index contributed by atoms with van der Waals surface area (Å²) in [6.45, 7) is 1.31. The second kappa shape index (κ2) is 7.41. The molecule has 108 valence electrons. The van der Waals surface area contributed by atoms with Gasteiger partial charge in [-0.25, -0.2) is 0 Å². The zero-order valence-corrected chi connectivity index (χ0v) is 12.0. The van der Waals surface area contributed by atoms with Crippen LogP contribution in [-0.4, -0.2) is 30.9 Å². The largest absolute Gasteiger partial charge is 0.376 e. The average molecular weight is 296 g/mol. The van der Waals surface area contributed by atoms with Gasteiger partial charge in [-0.3, -0.25) is 9.59 Å². The summed E-state index contributed by atoms with van der Waals surface area (Å²) in [7, 11) is 0. The molecule has 1 aromatic carbocycles. The van der Waals surface area contributed by atoms with Crippen LogP contribution in [0.3, 0.4) is 0 Å². The van der Waals surface area contributed by atoms with Crippen molar-refractivity contribution in [3.05, 3.63) is 34.9 Å². The first kappa shape index (κ1) is 15.0. The molecule has 5 heteroatoms. The zero-order valence-electron chi connectivity index (χ0n) is 11.2. The smallest absolute Gasteiger partial charge is 0.220 e. The van der Waals surface area contributed by atoms with Crippen LogP contribution in [0.15, 0.2) is 24.3 Å². The number of ketones is 1. The highest BCUT2D eigenvalue weighted by Crippen LogP contribution is 2.12. The molecule has 1 aliphatic rings. The highest BCUT2D eigenvalue weighted by Gasteiger charge is 2.16. The summed E-state index contributed by atoms with van der Waals surface area (Å²) in [6, 6.07) is 6.70. The highest BCUT2D eigenvalue weighted by molar-refractivity contribution is 6.30. The lowest BCUT2D eigenvalue weighted by atomic mass is 10.1. The second-order valence-electron chi connectivity index (χ2n) is 4.87. The van der Waals surface area contributed by atoms with E-state index in [1.54, 1.807) is 24.3 Å². The molecule has 2 rings (SSSR count). The number of hydrogen-bond donors (Lipinski definition) is 1. The predicted molar refractivity (Wildman–Crippen MR) is 77.0 cm³/mol. The average Bonchev–Trinajstić information content (AvgIpc) is 2.96. The molecule has 1 N–H and O–H groups in total. The van der Waals surface area contributed by atoms with Gasteiger partial charge in [-0.15, -0.1) is 0 Å². The van der Waals surface area contributed by atoms with Crippen LogP contribution in [0.25, 0.3) is 0 Å². The van der Waals surface area contributed by atoms with Crippen LogP contribution in [0, 0.1) is 0 Å². The molecule has 0 aromatic heterocycles. The summed E-state index contributed by atoms with van der Waals surface area (Å²) in [5.74, 6) is -0.156. The first-order valence-electron chi connectivity index (χ1n) is 6.82. The van der Waals surface area contributed by atoms with Crippen molar-refractivity contribution in [2.45, 2.75) is 31.8 Å². The molecule has 20 heavy (non-hydrogen) atoms. The van der Waals surface area contributed by atoms with Crippen LogP contribution >= 0.6 is 11.6 Å². The molecule has 1 atom stereocenters. The summed E-state index contributed by atoms with van der Waals surface area (Å²) in [6.07, 6.45) is 2.58. The van der Waals surface area contributed by atoms with Crippen LogP contribution in [0.5, 0.6) is 0 Å². The monoisotopic (exact) mass is 295 g/mol. The maximum Gasteiger partial charge on any atom is 0.220 e. The van der Waals surface area contributed by atoms with Crippen molar-refractivity contribution in [1.82, 2.24) is 5.32 Å². The molecule has 1 amide bonds. The number of amides is 1. The fourth-order valence-electron chi connectivity index (χ4n) is 2.13. The minimum atomic E-state index is -0.109. The molecule has 1 aromatic rings. The van der Waals surface area contributed by atoms with E-state index in [1.807, 2.05) is 0 Å².